The Labute approximate surface area is 150 Å². The minimum Gasteiger partial charge on any atom is -0.424 e. The monoisotopic (exact) mass is 362 g/mol. The van der Waals surface area contributed by atoms with Gasteiger partial charge in [-0.15, -0.1) is 0 Å². The van der Waals surface area contributed by atoms with Crippen LogP contribution in [0.15, 0.2) is 34.0 Å². The molecule has 7 heteroatoms. The Bertz CT molecular complexity index is 867. The lowest BCUT2D eigenvalue weighted by atomic mass is 9.86. The average Bonchev–Trinajstić information content (AvgIpc) is 2.90. The normalized spacial score (nSPS) is 17.2. The van der Waals surface area contributed by atoms with Crippen LogP contribution in [0.5, 0.6) is 0 Å². The number of benzene rings is 1. The first-order valence-corrected chi connectivity index (χ1v) is 8.11. The smallest absolute Gasteiger partial charge is 0.223 e. The summed E-state index contributed by atoms with van der Waals surface area (Å²) < 4.78 is 5.83. The standard InChI is InChI=1S/C17H16Cl2N4O/c1-17(2,3)16-22-13-11(12-9(18)5-4-6-10(12)19)8(7-20)14(21)23-15(13)24-16/h4-6,11,23H,21H2,1-3H3. The van der Waals surface area contributed by atoms with E-state index in [0.717, 1.165) is 0 Å². The van der Waals surface area contributed by atoms with Crippen molar-refractivity contribution < 1.29 is 4.42 Å². The molecular formula is C17H16Cl2N4O. The van der Waals surface area contributed by atoms with Crippen LogP contribution in [0, 0.1) is 11.3 Å². The second kappa shape index (κ2) is 5.73. The van der Waals surface area contributed by atoms with E-state index in [0.29, 0.717) is 38.7 Å². The molecule has 1 aliphatic heterocycles. The number of fused-ring (bicyclic) bond motifs is 1. The molecule has 0 spiro atoms. The summed E-state index contributed by atoms with van der Waals surface area (Å²) >= 11 is 12.7. The number of allylic oxidation sites excluding steroid dienone is 1. The van der Waals surface area contributed by atoms with Gasteiger partial charge in [-0.1, -0.05) is 50.0 Å². The van der Waals surface area contributed by atoms with Gasteiger partial charge in [0.05, 0.1) is 17.6 Å². The molecular weight excluding hydrogens is 347 g/mol. The highest BCUT2D eigenvalue weighted by molar-refractivity contribution is 6.36. The third kappa shape index (κ3) is 2.62. The number of nitrogens with zero attached hydrogens (tertiary/aromatic N) is 2. The summed E-state index contributed by atoms with van der Waals surface area (Å²) in [6.07, 6.45) is 0. The molecule has 0 fully saturated rings. The van der Waals surface area contributed by atoms with Crippen LogP contribution in [0.4, 0.5) is 5.88 Å². The van der Waals surface area contributed by atoms with Crippen LogP contribution in [-0.2, 0) is 5.41 Å². The molecule has 2 heterocycles. The Morgan fingerprint density at radius 2 is 1.92 bits per heavy atom. The first-order chi connectivity index (χ1) is 11.2. The lowest BCUT2D eigenvalue weighted by Gasteiger charge is -2.24. The van der Waals surface area contributed by atoms with Crippen LogP contribution in [0.2, 0.25) is 10.0 Å². The quantitative estimate of drug-likeness (QED) is 0.777. The fourth-order valence-corrected chi connectivity index (χ4v) is 3.23. The minimum atomic E-state index is -0.577. The van der Waals surface area contributed by atoms with Crippen LogP contribution < -0.4 is 11.1 Å². The largest absolute Gasteiger partial charge is 0.424 e. The molecule has 0 saturated heterocycles. The molecule has 0 bridgehead atoms. The van der Waals surface area contributed by atoms with E-state index in [4.69, 9.17) is 33.4 Å². The van der Waals surface area contributed by atoms with Crippen molar-refractivity contribution in [2.75, 3.05) is 5.32 Å². The molecule has 2 aromatic rings. The molecule has 5 nitrogen and oxygen atoms in total. The number of aromatic nitrogens is 1. The summed E-state index contributed by atoms with van der Waals surface area (Å²) in [6.45, 7) is 5.97. The van der Waals surface area contributed by atoms with Gasteiger partial charge in [0.15, 0.2) is 0 Å². The zero-order valence-corrected chi connectivity index (χ0v) is 15.0. The number of nitrogens with two attached hydrogens (primary N) is 1. The van der Waals surface area contributed by atoms with Crippen molar-refractivity contribution in [1.82, 2.24) is 4.98 Å². The molecule has 0 aliphatic carbocycles. The van der Waals surface area contributed by atoms with Crippen molar-refractivity contribution in [2.45, 2.75) is 32.1 Å². The summed E-state index contributed by atoms with van der Waals surface area (Å²) in [6, 6.07) is 7.33. The lowest BCUT2D eigenvalue weighted by molar-refractivity contribution is 0.400. The molecule has 124 valence electrons. The van der Waals surface area contributed by atoms with Crippen LogP contribution in [0.1, 0.15) is 43.8 Å². The van der Waals surface area contributed by atoms with E-state index in [2.05, 4.69) is 16.4 Å². The maximum absolute atomic E-state index is 9.59. The van der Waals surface area contributed by atoms with Crippen molar-refractivity contribution in [1.29, 1.82) is 5.26 Å². The van der Waals surface area contributed by atoms with Gasteiger partial charge in [-0.2, -0.15) is 5.26 Å². The fraction of sp³-hybridized carbons (Fsp3) is 0.294. The number of hydrogen-bond acceptors (Lipinski definition) is 5. The fourth-order valence-electron chi connectivity index (χ4n) is 2.61. The molecule has 3 rings (SSSR count). The van der Waals surface area contributed by atoms with E-state index < -0.39 is 5.92 Å². The average molecular weight is 363 g/mol. The van der Waals surface area contributed by atoms with Crippen LogP contribution in [0.25, 0.3) is 0 Å². The van der Waals surface area contributed by atoms with Crippen molar-refractivity contribution in [3.63, 3.8) is 0 Å². The van der Waals surface area contributed by atoms with Gasteiger partial charge in [0.25, 0.3) is 0 Å². The van der Waals surface area contributed by atoms with Crippen LogP contribution in [0.3, 0.4) is 0 Å². The molecule has 1 unspecified atom stereocenters. The molecule has 0 radical (unpaired) electrons. The van der Waals surface area contributed by atoms with Gasteiger partial charge in [0, 0.05) is 21.0 Å². The topological polar surface area (TPSA) is 87.9 Å². The van der Waals surface area contributed by atoms with Crippen molar-refractivity contribution in [2.24, 2.45) is 5.73 Å². The van der Waals surface area contributed by atoms with E-state index >= 15 is 0 Å². The number of hydrogen-bond donors (Lipinski definition) is 2. The maximum atomic E-state index is 9.59. The molecule has 1 aromatic carbocycles. The van der Waals surface area contributed by atoms with E-state index in [1.807, 2.05) is 20.8 Å². The van der Waals surface area contributed by atoms with Gasteiger partial charge in [-0.3, -0.25) is 0 Å². The zero-order chi connectivity index (χ0) is 17.6. The highest BCUT2D eigenvalue weighted by Gasteiger charge is 2.37. The Kier molecular flexibility index (Phi) is 3.98. The number of rotatable bonds is 1. The molecule has 3 N–H and O–H groups in total. The Hall–Kier alpha value is -2.16. The summed E-state index contributed by atoms with van der Waals surface area (Å²) in [5.41, 5.74) is 7.19. The van der Waals surface area contributed by atoms with Crippen LogP contribution in [-0.4, -0.2) is 4.98 Å². The van der Waals surface area contributed by atoms with Gasteiger partial charge < -0.3 is 15.5 Å². The molecule has 1 atom stereocenters. The first-order valence-electron chi connectivity index (χ1n) is 7.36. The van der Waals surface area contributed by atoms with Gasteiger partial charge in [0.2, 0.25) is 11.8 Å². The second-order valence-electron chi connectivity index (χ2n) is 6.62. The predicted octanol–water partition coefficient (Wildman–Crippen LogP) is 4.53. The van der Waals surface area contributed by atoms with Gasteiger partial charge in [-0.05, 0) is 12.1 Å². The summed E-state index contributed by atoms with van der Waals surface area (Å²) in [5, 5.41) is 13.4. The SMILES string of the molecule is CC(C)(C)c1nc2c(o1)NC(N)=C(C#N)C2c1c(Cl)cccc1Cl. The number of halogens is 2. The highest BCUT2D eigenvalue weighted by atomic mass is 35.5. The highest BCUT2D eigenvalue weighted by Crippen LogP contribution is 2.46. The Morgan fingerprint density at radius 1 is 1.29 bits per heavy atom. The van der Waals surface area contributed by atoms with E-state index in [-0.39, 0.29) is 11.2 Å². The van der Waals surface area contributed by atoms with Crippen molar-refractivity contribution in [3.8, 4) is 6.07 Å². The molecule has 24 heavy (non-hydrogen) atoms. The summed E-state index contributed by atoms with van der Waals surface area (Å²) in [4.78, 5) is 4.61. The second-order valence-corrected chi connectivity index (χ2v) is 7.43. The zero-order valence-electron chi connectivity index (χ0n) is 13.4. The first kappa shape index (κ1) is 16.7. The summed E-state index contributed by atoms with van der Waals surface area (Å²) in [7, 11) is 0. The number of anilines is 1. The molecule has 1 aromatic heterocycles. The van der Waals surface area contributed by atoms with E-state index in [1.165, 1.54) is 0 Å². The summed E-state index contributed by atoms with van der Waals surface area (Å²) in [5.74, 6) is 0.590. The molecule has 0 amide bonds. The van der Waals surface area contributed by atoms with E-state index in [9.17, 15) is 5.26 Å². The number of nitriles is 1. The third-order valence-corrected chi connectivity index (χ3v) is 4.46. The van der Waals surface area contributed by atoms with Crippen molar-refractivity contribution >= 4 is 29.1 Å². The number of oxazole rings is 1. The minimum absolute atomic E-state index is 0.211. The number of nitrogens with one attached hydrogen (secondary N) is 1. The molecule has 0 saturated carbocycles. The Balaban J connectivity index is 2.28. The molecule has 1 aliphatic rings. The lowest BCUT2D eigenvalue weighted by Crippen LogP contribution is -2.23. The van der Waals surface area contributed by atoms with E-state index in [1.54, 1.807) is 18.2 Å². The van der Waals surface area contributed by atoms with Crippen LogP contribution >= 0.6 is 23.2 Å². The predicted molar refractivity (Wildman–Crippen MR) is 94.0 cm³/mol. The van der Waals surface area contributed by atoms with Gasteiger partial charge in [-0.25, -0.2) is 4.98 Å². The van der Waals surface area contributed by atoms with Gasteiger partial charge in [0.1, 0.15) is 11.5 Å². The Morgan fingerprint density at radius 3 is 2.46 bits per heavy atom. The van der Waals surface area contributed by atoms with Gasteiger partial charge >= 0.3 is 0 Å². The van der Waals surface area contributed by atoms with Crippen molar-refractivity contribution in [3.05, 3.63) is 56.8 Å². The maximum Gasteiger partial charge on any atom is 0.223 e. The third-order valence-electron chi connectivity index (χ3n) is 3.80.